The first-order chi connectivity index (χ1) is 18.4. The molecule has 4 aliphatic carbocycles. The van der Waals surface area contributed by atoms with Gasteiger partial charge in [0.15, 0.2) is 11.4 Å². The predicted molar refractivity (Wildman–Crippen MR) is 134 cm³/mol. The van der Waals surface area contributed by atoms with E-state index in [2.05, 4.69) is 0 Å². The van der Waals surface area contributed by atoms with Crippen LogP contribution in [-0.4, -0.2) is 59.7 Å². The minimum atomic E-state index is -2.62. The number of phenolic OH excluding ortho intramolecular Hbond substituents is 3. The molecule has 39 heavy (non-hydrogen) atoms. The second-order valence-electron chi connectivity index (χ2n) is 10.8. The molecule has 0 heterocycles. The summed E-state index contributed by atoms with van der Waals surface area (Å²) in [6.45, 7) is 1.66. The highest BCUT2D eigenvalue weighted by Gasteiger charge is 2.72. The summed E-state index contributed by atoms with van der Waals surface area (Å²) in [7, 11) is 0. The van der Waals surface area contributed by atoms with Crippen LogP contribution in [-0.2, 0) is 6.42 Å². The van der Waals surface area contributed by atoms with Crippen molar-refractivity contribution in [1.82, 2.24) is 0 Å². The van der Waals surface area contributed by atoms with Gasteiger partial charge in [0, 0.05) is 17.0 Å². The second kappa shape index (κ2) is 7.20. The Kier molecular flexibility index (Phi) is 4.39. The molecule has 0 aromatic heterocycles. The number of allylic oxidation sites excluding steroid dienone is 1. The maximum absolute atomic E-state index is 13.9. The fourth-order valence-electron chi connectivity index (χ4n) is 7.43. The van der Waals surface area contributed by atoms with Crippen LogP contribution >= 0.6 is 0 Å². The molecule has 9 heteroatoms. The summed E-state index contributed by atoms with van der Waals surface area (Å²) in [5.41, 5.74) is -4.36. The van der Waals surface area contributed by atoms with Crippen molar-refractivity contribution < 1.29 is 45.0 Å². The fourth-order valence-corrected chi connectivity index (χ4v) is 7.43. The van der Waals surface area contributed by atoms with Crippen LogP contribution in [0.4, 0.5) is 0 Å². The van der Waals surface area contributed by atoms with Gasteiger partial charge < -0.3 is 30.6 Å². The monoisotopic (exact) mass is 526 g/mol. The van der Waals surface area contributed by atoms with Crippen molar-refractivity contribution in [1.29, 1.82) is 0 Å². The molecule has 0 saturated carbocycles. The van der Waals surface area contributed by atoms with Gasteiger partial charge in [-0.2, -0.15) is 0 Å². The highest BCUT2D eigenvalue weighted by atomic mass is 16.4. The molecule has 0 saturated heterocycles. The quantitative estimate of drug-likeness (QED) is 0.188. The van der Waals surface area contributed by atoms with Gasteiger partial charge in [0.2, 0.25) is 11.6 Å². The Balaban J connectivity index is 1.55. The lowest BCUT2D eigenvalue weighted by molar-refractivity contribution is -0.171. The Labute approximate surface area is 220 Å². The number of hydrogen-bond donors (Lipinski definition) is 6. The van der Waals surface area contributed by atoms with Crippen LogP contribution in [0.5, 0.6) is 17.2 Å². The summed E-state index contributed by atoms with van der Waals surface area (Å²) in [5.74, 6) is -4.81. The first-order valence-electron chi connectivity index (χ1n) is 12.4. The van der Waals surface area contributed by atoms with Crippen LogP contribution in [0.25, 0.3) is 0 Å². The van der Waals surface area contributed by atoms with Crippen molar-refractivity contribution >= 4 is 17.3 Å². The number of benzene rings is 3. The van der Waals surface area contributed by atoms with E-state index < -0.39 is 63.7 Å². The van der Waals surface area contributed by atoms with Crippen molar-refractivity contribution in [2.75, 3.05) is 0 Å². The third kappa shape index (κ3) is 2.48. The van der Waals surface area contributed by atoms with Gasteiger partial charge >= 0.3 is 0 Å². The zero-order chi connectivity index (χ0) is 27.8. The molecular weight excluding hydrogens is 504 g/mol. The lowest BCUT2D eigenvalue weighted by Gasteiger charge is -2.56. The van der Waals surface area contributed by atoms with Gasteiger partial charge in [-0.15, -0.1) is 0 Å². The maximum atomic E-state index is 13.9. The van der Waals surface area contributed by atoms with Crippen LogP contribution in [0.15, 0.2) is 48.6 Å². The third-order valence-corrected chi connectivity index (χ3v) is 9.02. The standard InChI is InChI=1S/C30H22O9/c1-11-7-14-22(17(32)8-11)28(38)30(39)19(34)6-5-15-20-12(10-29(15,30)27(14)37)9-18(33)23-24(20)25(35)13-3-2-4-16(31)21(13)26(23)36/h2-9,15,19,27,31-34,37,39H,10H2,1H3. The number of phenols is 3. The van der Waals surface area contributed by atoms with Gasteiger partial charge in [-0.3, -0.25) is 14.4 Å². The first-order valence-corrected chi connectivity index (χ1v) is 12.4. The molecule has 0 radical (unpaired) electrons. The summed E-state index contributed by atoms with van der Waals surface area (Å²) in [5, 5.41) is 67.0. The molecule has 9 nitrogen and oxygen atoms in total. The highest BCUT2D eigenvalue weighted by molar-refractivity contribution is 6.31. The molecule has 6 N–H and O–H groups in total. The number of carbonyl (C=O) groups is 3. The molecule has 196 valence electrons. The SMILES string of the molecule is Cc1cc(O)c2c(c1)C(O)C13Cc4cc(O)c5c(c4C1C=CC(O)C3(O)C2=O)C(=O)c1cccc(O)c1C5=O. The minimum absolute atomic E-state index is 0.0671. The largest absolute Gasteiger partial charge is 0.507 e. The third-order valence-electron chi connectivity index (χ3n) is 9.02. The van der Waals surface area contributed by atoms with Crippen LogP contribution in [0.2, 0.25) is 0 Å². The van der Waals surface area contributed by atoms with Gasteiger partial charge in [-0.05, 0) is 53.8 Å². The number of aromatic hydroxyl groups is 3. The minimum Gasteiger partial charge on any atom is -0.507 e. The first kappa shape index (κ1) is 23.8. The van der Waals surface area contributed by atoms with Crippen molar-refractivity contribution in [2.24, 2.45) is 5.41 Å². The molecule has 3 aromatic carbocycles. The molecule has 5 atom stereocenters. The summed E-state index contributed by atoms with van der Waals surface area (Å²) in [4.78, 5) is 41.3. The zero-order valence-electron chi connectivity index (χ0n) is 20.5. The van der Waals surface area contributed by atoms with Gasteiger partial charge in [-0.1, -0.05) is 30.4 Å². The molecule has 3 aromatic rings. The maximum Gasteiger partial charge on any atom is 0.202 e. The number of aliphatic hydroxyl groups is 3. The molecule has 0 aliphatic heterocycles. The van der Waals surface area contributed by atoms with Gasteiger partial charge in [0.05, 0.1) is 28.2 Å². The molecular formula is C30H22O9. The van der Waals surface area contributed by atoms with E-state index in [0.29, 0.717) is 11.1 Å². The van der Waals surface area contributed by atoms with E-state index in [1.807, 2.05) is 0 Å². The van der Waals surface area contributed by atoms with Crippen LogP contribution in [0, 0.1) is 12.3 Å². The lowest BCUT2D eigenvalue weighted by Crippen LogP contribution is -2.68. The Hall–Kier alpha value is -4.31. The van der Waals surface area contributed by atoms with Crippen LogP contribution in [0.3, 0.4) is 0 Å². The molecule has 5 unspecified atom stereocenters. The van der Waals surface area contributed by atoms with E-state index in [-0.39, 0.29) is 45.4 Å². The zero-order valence-corrected chi connectivity index (χ0v) is 20.5. The van der Waals surface area contributed by atoms with E-state index in [4.69, 9.17) is 0 Å². The molecule has 7 rings (SSSR count). The summed E-state index contributed by atoms with van der Waals surface area (Å²) < 4.78 is 0. The predicted octanol–water partition coefficient (Wildman–Crippen LogP) is 2.11. The summed E-state index contributed by atoms with van der Waals surface area (Å²) in [6, 6.07) is 8.17. The smallest absolute Gasteiger partial charge is 0.202 e. The Morgan fingerprint density at radius 1 is 0.821 bits per heavy atom. The van der Waals surface area contributed by atoms with Crippen molar-refractivity contribution in [3.63, 3.8) is 0 Å². The van der Waals surface area contributed by atoms with Crippen LogP contribution < -0.4 is 0 Å². The van der Waals surface area contributed by atoms with Gasteiger partial charge in [0.1, 0.15) is 23.4 Å². The molecule has 0 amide bonds. The lowest BCUT2D eigenvalue weighted by atomic mass is 9.50. The van der Waals surface area contributed by atoms with Crippen LogP contribution in [0.1, 0.15) is 76.5 Å². The number of hydrogen-bond acceptors (Lipinski definition) is 9. The van der Waals surface area contributed by atoms with Crippen molar-refractivity contribution in [3.8, 4) is 17.2 Å². The van der Waals surface area contributed by atoms with Crippen molar-refractivity contribution in [2.45, 2.75) is 37.1 Å². The number of Topliss-reactive ketones (excluding diaryl/α,β-unsaturated/α-hetero) is 1. The topological polar surface area (TPSA) is 173 Å². The second-order valence-corrected chi connectivity index (χ2v) is 10.8. The van der Waals surface area contributed by atoms with Crippen molar-refractivity contribution in [3.05, 3.63) is 98.6 Å². The normalized spacial score (nSPS) is 29.7. The number of rotatable bonds is 0. The van der Waals surface area contributed by atoms with Gasteiger partial charge in [-0.25, -0.2) is 0 Å². The fraction of sp³-hybridized carbons (Fsp3) is 0.233. The molecule has 1 spiro atoms. The van der Waals surface area contributed by atoms with E-state index in [9.17, 15) is 45.0 Å². The number of ketones is 3. The summed E-state index contributed by atoms with van der Waals surface area (Å²) in [6.07, 6.45) is -0.899. The van der Waals surface area contributed by atoms with E-state index in [1.54, 1.807) is 6.92 Å². The van der Waals surface area contributed by atoms with E-state index in [0.717, 1.165) is 0 Å². The number of aryl methyl sites for hydroxylation is 1. The molecule has 4 aliphatic rings. The van der Waals surface area contributed by atoms with Gasteiger partial charge in [0.25, 0.3) is 0 Å². The number of carbonyl (C=O) groups excluding carboxylic acids is 3. The summed E-state index contributed by atoms with van der Waals surface area (Å²) >= 11 is 0. The van der Waals surface area contributed by atoms with E-state index >= 15 is 0 Å². The number of aliphatic hydroxyl groups excluding tert-OH is 2. The molecule has 0 fully saturated rings. The Morgan fingerprint density at radius 3 is 2.28 bits per heavy atom. The Bertz CT molecular complexity index is 1750. The average Bonchev–Trinajstić information content (AvgIpc) is 3.22. The average molecular weight is 526 g/mol. The Morgan fingerprint density at radius 2 is 1.54 bits per heavy atom. The molecule has 0 bridgehead atoms. The highest BCUT2D eigenvalue weighted by Crippen LogP contribution is 2.67. The number of fused-ring (bicyclic) bond motifs is 6. The van der Waals surface area contributed by atoms with E-state index in [1.165, 1.54) is 48.6 Å².